The Morgan fingerprint density at radius 1 is 1.25 bits per heavy atom. The van der Waals surface area contributed by atoms with E-state index in [-0.39, 0.29) is 17.8 Å². The van der Waals surface area contributed by atoms with Gasteiger partial charge in [-0.15, -0.1) is 0 Å². The molecule has 0 fully saturated rings. The Morgan fingerprint density at radius 2 is 1.90 bits per heavy atom. The lowest BCUT2D eigenvalue weighted by Crippen LogP contribution is -2.38. The topological polar surface area (TPSA) is 46.6 Å². The number of benzene rings is 1. The van der Waals surface area contributed by atoms with E-state index in [1.54, 1.807) is 24.0 Å². The Bertz CT molecular complexity index is 431. The van der Waals surface area contributed by atoms with Crippen molar-refractivity contribution in [2.75, 3.05) is 20.2 Å². The average Bonchev–Trinajstić information content (AvgIpc) is 2.50. The number of unbranched alkanes of at least 4 members (excludes halogenated alkanes) is 1. The first kappa shape index (κ1) is 16.2. The van der Waals surface area contributed by atoms with Crippen molar-refractivity contribution in [1.29, 1.82) is 0 Å². The van der Waals surface area contributed by atoms with E-state index >= 15 is 0 Å². The molecule has 0 radical (unpaired) electrons. The van der Waals surface area contributed by atoms with Gasteiger partial charge in [0.15, 0.2) is 0 Å². The van der Waals surface area contributed by atoms with Crippen molar-refractivity contribution >= 4 is 11.9 Å². The van der Waals surface area contributed by atoms with Crippen LogP contribution < -0.4 is 0 Å². The second-order valence-corrected chi connectivity index (χ2v) is 4.89. The van der Waals surface area contributed by atoms with Gasteiger partial charge < -0.3 is 9.64 Å². The predicted octanol–water partition coefficient (Wildman–Crippen LogP) is 2.74. The maximum Gasteiger partial charge on any atom is 0.310 e. The number of methoxy groups -OCH3 is 1. The number of rotatable bonds is 7. The zero-order chi connectivity index (χ0) is 15.0. The van der Waals surface area contributed by atoms with E-state index in [0.717, 1.165) is 12.8 Å². The summed E-state index contributed by atoms with van der Waals surface area (Å²) in [4.78, 5) is 25.7. The molecule has 1 aromatic carbocycles. The Morgan fingerprint density at radius 3 is 2.45 bits per heavy atom. The Hall–Kier alpha value is -1.84. The number of hydrogen-bond acceptors (Lipinski definition) is 3. The van der Waals surface area contributed by atoms with Gasteiger partial charge in [0.05, 0.1) is 13.0 Å². The van der Waals surface area contributed by atoms with Gasteiger partial charge in [0.2, 0.25) is 0 Å². The van der Waals surface area contributed by atoms with Crippen LogP contribution in [0.5, 0.6) is 0 Å². The minimum absolute atomic E-state index is 0.0326. The van der Waals surface area contributed by atoms with Crippen LogP contribution in [0.15, 0.2) is 30.3 Å². The molecule has 1 atom stereocenters. The van der Waals surface area contributed by atoms with Gasteiger partial charge in [0.25, 0.3) is 5.91 Å². The van der Waals surface area contributed by atoms with E-state index in [1.807, 2.05) is 18.2 Å². The van der Waals surface area contributed by atoms with Crippen LogP contribution in [0.2, 0.25) is 0 Å². The van der Waals surface area contributed by atoms with Crippen molar-refractivity contribution < 1.29 is 14.3 Å². The SMILES string of the molecule is CCCCN(CC(C)C(=O)OC)C(=O)c1ccccc1. The van der Waals surface area contributed by atoms with Crippen molar-refractivity contribution in [3.8, 4) is 0 Å². The second-order valence-electron chi connectivity index (χ2n) is 4.89. The van der Waals surface area contributed by atoms with E-state index in [0.29, 0.717) is 18.7 Å². The lowest BCUT2D eigenvalue weighted by atomic mass is 10.1. The molecule has 110 valence electrons. The monoisotopic (exact) mass is 277 g/mol. The zero-order valence-electron chi connectivity index (χ0n) is 12.5. The lowest BCUT2D eigenvalue weighted by Gasteiger charge is -2.25. The average molecular weight is 277 g/mol. The second kappa shape index (κ2) is 8.35. The minimum Gasteiger partial charge on any atom is -0.469 e. The molecule has 1 rings (SSSR count). The van der Waals surface area contributed by atoms with Crippen molar-refractivity contribution in [3.63, 3.8) is 0 Å². The third-order valence-electron chi connectivity index (χ3n) is 3.19. The van der Waals surface area contributed by atoms with Gasteiger partial charge in [0, 0.05) is 18.7 Å². The molecule has 0 saturated heterocycles. The molecule has 0 aliphatic heterocycles. The highest BCUT2D eigenvalue weighted by molar-refractivity contribution is 5.94. The molecule has 0 saturated carbocycles. The van der Waals surface area contributed by atoms with E-state index < -0.39 is 0 Å². The Kier molecular flexibility index (Phi) is 6.77. The van der Waals surface area contributed by atoms with E-state index in [1.165, 1.54) is 7.11 Å². The van der Waals surface area contributed by atoms with Crippen molar-refractivity contribution in [3.05, 3.63) is 35.9 Å². The van der Waals surface area contributed by atoms with E-state index in [2.05, 4.69) is 6.92 Å². The molecular weight excluding hydrogens is 254 g/mol. The number of hydrogen-bond donors (Lipinski definition) is 0. The van der Waals surface area contributed by atoms with Gasteiger partial charge >= 0.3 is 5.97 Å². The molecule has 0 aromatic heterocycles. The summed E-state index contributed by atoms with van der Waals surface area (Å²) in [5, 5.41) is 0. The molecule has 4 heteroatoms. The number of carbonyl (C=O) groups excluding carboxylic acids is 2. The van der Waals surface area contributed by atoms with Gasteiger partial charge in [-0.05, 0) is 18.6 Å². The third-order valence-corrected chi connectivity index (χ3v) is 3.19. The summed E-state index contributed by atoms with van der Waals surface area (Å²) in [7, 11) is 1.37. The summed E-state index contributed by atoms with van der Waals surface area (Å²) < 4.78 is 4.73. The molecule has 1 aromatic rings. The lowest BCUT2D eigenvalue weighted by molar-refractivity contribution is -0.145. The predicted molar refractivity (Wildman–Crippen MR) is 78.4 cm³/mol. The van der Waals surface area contributed by atoms with Crippen LogP contribution in [0, 0.1) is 5.92 Å². The highest BCUT2D eigenvalue weighted by atomic mass is 16.5. The first-order valence-corrected chi connectivity index (χ1v) is 7.02. The summed E-state index contributed by atoms with van der Waals surface area (Å²) >= 11 is 0. The summed E-state index contributed by atoms with van der Waals surface area (Å²) in [5.74, 6) is -0.633. The summed E-state index contributed by atoms with van der Waals surface area (Å²) in [6, 6.07) is 9.16. The van der Waals surface area contributed by atoms with Crippen molar-refractivity contribution in [2.45, 2.75) is 26.7 Å². The van der Waals surface area contributed by atoms with Gasteiger partial charge in [-0.25, -0.2) is 0 Å². The summed E-state index contributed by atoms with van der Waals surface area (Å²) in [6.07, 6.45) is 1.93. The molecule has 1 unspecified atom stereocenters. The van der Waals surface area contributed by atoms with Gasteiger partial charge in [-0.2, -0.15) is 0 Å². The number of nitrogens with zero attached hydrogens (tertiary/aromatic N) is 1. The zero-order valence-corrected chi connectivity index (χ0v) is 12.5. The van der Waals surface area contributed by atoms with Crippen LogP contribution in [0.25, 0.3) is 0 Å². The van der Waals surface area contributed by atoms with Crippen LogP contribution in [-0.4, -0.2) is 37.0 Å². The number of carbonyl (C=O) groups is 2. The Labute approximate surface area is 120 Å². The number of esters is 1. The standard InChI is InChI=1S/C16H23NO3/c1-4-5-11-17(12-13(2)16(19)20-3)15(18)14-9-7-6-8-10-14/h6-10,13H,4-5,11-12H2,1-3H3. The molecule has 4 nitrogen and oxygen atoms in total. The van der Waals surface area contributed by atoms with Crippen LogP contribution in [-0.2, 0) is 9.53 Å². The molecule has 0 heterocycles. The first-order valence-electron chi connectivity index (χ1n) is 7.02. The largest absolute Gasteiger partial charge is 0.469 e. The molecule has 0 spiro atoms. The quantitative estimate of drug-likeness (QED) is 0.720. The van der Waals surface area contributed by atoms with Gasteiger partial charge in [0.1, 0.15) is 0 Å². The molecule has 0 aliphatic carbocycles. The van der Waals surface area contributed by atoms with Crippen molar-refractivity contribution in [2.24, 2.45) is 5.92 Å². The van der Waals surface area contributed by atoms with Gasteiger partial charge in [-0.1, -0.05) is 38.5 Å². The highest BCUT2D eigenvalue weighted by Crippen LogP contribution is 2.10. The molecular formula is C16H23NO3. The van der Waals surface area contributed by atoms with Gasteiger partial charge in [-0.3, -0.25) is 9.59 Å². The smallest absolute Gasteiger partial charge is 0.310 e. The minimum atomic E-state index is -0.315. The first-order chi connectivity index (χ1) is 9.60. The fourth-order valence-electron chi connectivity index (χ4n) is 1.99. The fraction of sp³-hybridized carbons (Fsp3) is 0.500. The maximum atomic E-state index is 12.5. The molecule has 0 aliphatic rings. The highest BCUT2D eigenvalue weighted by Gasteiger charge is 2.21. The molecule has 0 N–H and O–H groups in total. The van der Waals surface area contributed by atoms with E-state index in [9.17, 15) is 9.59 Å². The van der Waals surface area contributed by atoms with E-state index in [4.69, 9.17) is 4.74 Å². The molecule has 1 amide bonds. The normalized spacial score (nSPS) is 11.8. The van der Waals surface area contributed by atoms with Crippen LogP contribution in [0.4, 0.5) is 0 Å². The molecule has 0 bridgehead atoms. The van der Waals surface area contributed by atoms with Crippen LogP contribution in [0.1, 0.15) is 37.0 Å². The van der Waals surface area contributed by atoms with Crippen molar-refractivity contribution in [1.82, 2.24) is 4.90 Å². The van der Waals surface area contributed by atoms with Crippen LogP contribution >= 0.6 is 0 Å². The Balaban J connectivity index is 2.78. The van der Waals surface area contributed by atoms with Crippen LogP contribution in [0.3, 0.4) is 0 Å². The number of amides is 1. The number of ether oxygens (including phenoxy) is 1. The molecule has 20 heavy (non-hydrogen) atoms. The summed E-state index contributed by atoms with van der Waals surface area (Å²) in [5.41, 5.74) is 0.653. The summed E-state index contributed by atoms with van der Waals surface area (Å²) in [6.45, 7) is 4.91. The third kappa shape index (κ3) is 4.68. The fourth-order valence-corrected chi connectivity index (χ4v) is 1.99. The maximum absolute atomic E-state index is 12.5.